The van der Waals surface area contributed by atoms with Crippen molar-refractivity contribution in [1.82, 2.24) is 5.32 Å². The van der Waals surface area contributed by atoms with Gasteiger partial charge in [-0.3, -0.25) is 0 Å². The Morgan fingerprint density at radius 1 is 1.24 bits per heavy atom. The van der Waals surface area contributed by atoms with Gasteiger partial charge in [-0.25, -0.2) is 8.42 Å². The van der Waals surface area contributed by atoms with Gasteiger partial charge < -0.3 is 10.1 Å². The van der Waals surface area contributed by atoms with E-state index >= 15 is 0 Å². The van der Waals surface area contributed by atoms with Crippen LogP contribution in [0.3, 0.4) is 0 Å². The van der Waals surface area contributed by atoms with E-state index in [1.807, 2.05) is 24.3 Å². The molecule has 0 amide bonds. The highest BCUT2D eigenvalue weighted by atomic mass is 32.2. The van der Waals surface area contributed by atoms with Gasteiger partial charge in [0.25, 0.3) is 0 Å². The average Bonchev–Trinajstić information content (AvgIpc) is 2.84. The van der Waals surface area contributed by atoms with Gasteiger partial charge in [0.2, 0.25) is 0 Å². The molecule has 0 saturated heterocycles. The molecular weight excluding hydrogens is 286 g/mol. The van der Waals surface area contributed by atoms with E-state index in [2.05, 4.69) is 17.4 Å². The summed E-state index contributed by atoms with van der Waals surface area (Å²) < 4.78 is 28.3. The maximum absolute atomic E-state index is 11.4. The van der Waals surface area contributed by atoms with Crippen LogP contribution in [0, 0.1) is 0 Å². The second-order valence-corrected chi connectivity index (χ2v) is 7.04. The summed E-state index contributed by atoms with van der Waals surface area (Å²) in [5.74, 6) is 0.936. The summed E-state index contributed by atoms with van der Waals surface area (Å²) in [7, 11) is -1.39. The van der Waals surface area contributed by atoms with Gasteiger partial charge >= 0.3 is 0 Å². The molecule has 1 aliphatic heterocycles. The largest absolute Gasteiger partial charge is 0.496 e. The van der Waals surface area contributed by atoms with Gasteiger partial charge in [-0.2, -0.15) is 0 Å². The fraction of sp³-hybridized carbons (Fsp3) is 0.250. The zero-order valence-corrected chi connectivity index (χ0v) is 12.6. The minimum absolute atomic E-state index is 0.125. The summed E-state index contributed by atoms with van der Waals surface area (Å²) >= 11 is 0. The first kappa shape index (κ1) is 14.1. The fourth-order valence-electron chi connectivity index (χ4n) is 2.63. The van der Waals surface area contributed by atoms with E-state index in [-0.39, 0.29) is 11.8 Å². The van der Waals surface area contributed by atoms with Crippen molar-refractivity contribution >= 4 is 20.6 Å². The number of fused-ring (bicyclic) bond motifs is 1. The summed E-state index contributed by atoms with van der Waals surface area (Å²) in [5.41, 5.74) is 1.05. The summed E-state index contributed by atoms with van der Waals surface area (Å²) in [5, 5.41) is 6.82. The Kier molecular flexibility index (Phi) is 3.69. The van der Waals surface area contributed by atoms with Crippen molar-refractivity contribution < 1.29 is 13.2 Å². The minimum atomic E-state index is -3.03. The molecule has 5 heteroatoms. The van der Waals surface area contributed by atoms with Crippen molar-refractivity contribution in [3.8, 4) is 5.75 Å². The van der Waals surface area contributed by atoms with Gasteiger partial charge in [0.1, 0.15) is 5.75 Å². The van der Waals surface area contributed by atoms with Gasteiger partial charge in [0, 0.05) is 23.6 Å². The van der Waals surface area contributed by atoms with Crippen LogP contribution in [-0.2, 0) is 16.4 Å². The van der Waals surface area contributed by atoms with Crippen LogP contribution in [0.4, 0.5) is 0 Å². The van der Waals surface area contributed by atoms with E-state index in [1.54, 1.807) is 13.2 Å². The predicted molar refractivity (Wildman–Crippen MR) is 84.1 cm³/mol. The van der Waals surface area contributed by atoms with E-state index in [0.29, 0.717) is 6.54 Å². The van der Waals surface area contributed by atoms with Gasteiger partial charge in [0.15, 0.2) is 9.84 Å². The zero-order valence-electron chi connectivity index (χ0n) is 11.7. The third-order valence-corrected chi connectivity index (χ3v) is 5.08. The molecule has 4 nitrogen and oxygen atoms in total. The van der Waals surface area contributed by atoms with Gasteiger partial charge in [-0.05, 0) is 16.8 Å². The first-order chi connectivity index (χ1) is 10.1. The molecule has 1 N–H and O–H groups in total. The first-order valence-electron chi connectivity index (χ1n) is 6.78. The number of nitrogens with one attached hydrogen (secondary N) is 1. The number of benzene rings is 2. The molecule has 21 heavy (non-hydrogen) atoms. The molecule has 0 fully saturated rings. The van der Waals surface area contributed by atoms with Gasteiger partial charge in [-0.15, -0.1) is 0 Å². The second kappa shape index (κ2) is 5.50. The van der Waals surface area contributed by atoms with Crippen molar-refractivity contribution in [2.45, 2.75) is 12.6 Å². The number of methoxy groups -OCH3 is 1. The van der Waals surface area contributed by atoms with E-state index in [4.69, 9.17) is 4.74 Å². The van der Waals surface area contributed by atoms with E-state index < -0.39 is 9.84 Å². The Hall–Kier alpha value is -1.85. The van der Waals surface area contributed by atoms with Crippen LogP contribution in [0.1, 0.15) is 5.56 Å². The molecule has 110 valence electrons. The molecule has 2 aromatic carbocycles. The molecule has 1 aliphatic rings. The highest BCUT2D eigenvalue weighted by Crippen LogP contribution is 2.28. The quantitative estimate of drug-likeness (QED) is 0.941. The number of ether oxygens (including phenoxy) is 1. The third kappa shape index (κ3) is 2.94. The molecule has 1 heterocycles. The topological polar surface area (TPSA) is 55.4 Å². The molecule has 3 rings (SSSR count). The molecule has 0 aromatic heterocycles. The molecular formula is C16H17NO3S. The number of rotatable bonds is 4. The van der Waals surface area contributed by atoms with Crippen LogP contribution in [0.2, 0.25) is 0 Å². The lowest BCUT2D eigenvalue weighted by atomic mass is 10.0. The molecule has 0 spiro atoms. The fourth-order valence-corrected chi connectivity index (χ4v) is 3.90. The highest BCUT2D eigenvalue weighted by molar-refractivity contribution is 7.94. The Bertz CT molecular complexity index is 796. The van der Waals surface area contributed by atoms with Crippen molar-refractivity contribution in [2.24, 2.45) is 0 Å². The maximum Gasteiger partial charge on any atom is 0.173 e. The van der Waals surface area contributed by atoms with Gasteiger partial charge in [0.05, 0.1) is 12.9 Å². The highest BCUT2D eigenvalue weighted by Gasteiger charge is 2.21. The van der Waals surface area contributed by atoms with Crippen LogP contribution in [-0.4, -0.2) is 27.3 Å². The summed E-state index contributed by atoms with van der Waals surface area (Å²) in [6.07, 6.45) is 1.70. The monoisotopic (exact) mass is 303 g/mol. The van der Waals surface area contributed by atoms with Crippen LogP contribution in [0.25, 0.3) is 10.8 Å². The molecule has 0 saturated carbocycles. The predicted octanol–water partition coefficient (Wildman–Crippen LogP) is 2.25. The smallest absolute Gasteiger partial charge is 0.173 e. The van der Waals surface area contributed by atoms with Crippen molar-refractivity contribution in [3.63, 3.8) is 0 Å². The molecule has 0 radical (unpaired) electrons. The SMILES string of the molecule is COc1ccc2ccccc2c1CNC1C=CS(=O)(=O)C1. The molecule has 2 aromatic rings. The Morgan fingerprint density at radius 3 is 2.76 bits per heavy atom. The standard InChI is InChI=1S/C16H17NO3S/c1-20-16-7-6-12-4-2-3-5-14(12)15(16)10-17-13-8-9-21(18,19)11-13/h2-9,13,17H,10-11H2,1H3. The lowest BCUT2D eigenvalue weighted by Gasteiger charge is -2.15. The molecule has 1 unspecified atom stereocenters. The molecule has 1 atom stereocenters. The Balaban J connectivity index is 1.88. The van der Waals surface area contributed by atoms with Crippen molar-refractivity contribution in [1.29, 1.82) is 0 Å². The van der Waals surface area contributed by atoms with E-state index in [0.717, 1.165) is 22.1 Å². The number of hydrogen-bond donors (Lipinski definition) is 1. The van der Waals surface area contributed by atoms with Crippen molar-refractivity contribution in [3.05, 3.63) is 53.4 Å². The third-order valence-electron chi connectivity index (χ3n) is 3.69. The van der Waals surface area contributed by atoms with E-state index in [9.17, 15) is 8.42 Å². The summed E-state index contributed by atoms with van der Waals surface area (Å²) in [6.45, 7) is 0.565. The van der Waals surface area contributed by atoms with Crippen LogP contribution in [0.5, 0.6) is 5.75 Å². The maximum atomic E-state index is 11.4. The zero-order chi connectivity index (χ0) is 14.9. The average molecular weight is 303 g/mol. The number of hydrogen-bond acceptors (Lipinski definition) is 4. The van der Waals surface area contributed by atoms with Crippen LogP contribution < -0.4 is 10.1 Å². The summed E-state index contributed by atoms with van der Waals surface area (Å²) in [4.78, 5) is 0. The second-order valence-electron chi connectivity index (χ2n) is 5.11. The van der Waals surface area contributed by atoms with Crippen LogP contribution in [0.15, 0.2) is 47.9 Å². The lowest BCUT2D eigenvalue weighted by Crippen LogP contribution is -2.29. The van der Waals surface area contributed by atoms with Gasteiger partial charge in [-0.1, -0.05) is 36.4 Å². The Labute approximate surface area is 124 Å². The first-order valence-corrected chi connectivity index (χ1v) is 8.49. The van der Waals surface area contributed by atoms with E-state index in [1.165, 1.54) is 5.41 Å². The molecule has 0 bridgehead atoms. The Morgan fingerprint density at radius 2 is 2.05 bits per heavy atom. The minimum Gasteiger partial charge on any atom is -0.496 e. The van der Waals surface area contributed by atoms with Crippen LogP contribution >= 0.6 is 0 Å². The normalized spacial score (nSPS) is 20.0. The number of sulfone groups is 1. The summed E-state index contributed by atoms with van der Waals surface area (Å²) in [6, 6.07) is 11.9. The van der Waals surface area contributed by atoms with Crippen molar-refractivity contribution in [2.75, 3.05) is 12.9 Å². The lowest BCUT2D eigenvalue weighted by molar-refractivity contribution is 0.408. The molecule has 0 aliphatic carbocycles.